The zero-order valence-corrected chi connectivity index (χ0v) is 19.8. The van der Waals surface area contributed by atoms with Crippen LogP contribution in [-0.2, 0) is 11.3 Å². The van der Waals surface area contributed by atoms with Gasteiger partial charge in [0.2, 0.25) is 0 Å². The van der Waals surface area contributed by atoms with Crippen LogP contribution in [0.4, 0.5) is 10.2 Å². The van der Waals surface area contributed by atoms with Crippen LogP contribution >= 0.6 is 0 Å². The number of aromatic nitrogens is 6. The predicted molar refractivity (Wildman–Crippen MR) is 129 cm³/mol. The normalized spacial score (nSPS) is 16.8. The minimum atomic E-state index is -0.626. The number of nitrogens with one attached hydrogen (secondary N) is 1. The van der Waals surface area contributed by atoms with Gasteiger partial charge >= 0.3 is 0 Å². The summed E-state index contributed by atoms with van der Waals surface area (Å²) in [5.74, 6) is -0.359. The second kappa shape index (κ2) is 9.51. The fraction of sp³-hybridized carbons (Fsp3) is 0.375. The van der Waals surface area contributed by atoms with Crippen LogP contribution in [0.2, 0.25) is 0 Å². The lowest BCUT2D eigenvalue weighted by molar-refractivity contribution is -0.0289. The fourth-order valence-corrected chi connectivity index (χ4v) is 4.16. The molecule has 11 heteroatoms. The van der Waals surface area contributed by atoms with Gasteiger partial charge < -0.3 is 19.5 Å². The van der Waals surface area contributed by atoms with E-state index in [4.69, 9.17) is 4.74 Å². The molecule has 1 amide bonds. The molecular weight excluding hydrogens is 451 g/mol. The lowest BCUT2D eigenvalue weighted by Crippen LogP contribution is -2.42. The number of benzene rings is 1. The van der Waals surface area contributed by atoms with Crippen LogP contribution in [0, 0.1) is 5.82 Å². The highest BCUT2D eigenvalue weighted by Crippen LogP contribution is 2.22. The van der Waals surface area contributed by atoms with Crippen LogP contribution < -0.4 is 5.32 Å². The van der Waals surface area contributed by atoms with Crippen LogP contribution in [-0.4, -0.2) is 73.2 Å². The Bertz CT molecular complexity index is 1360. The zero-order valence-electron chi connectivity index (χ0n) is 19.8. The van der Waals surface area contributed by atoms with Gasteiger partial charge in [0, 0.05) is 30.7 Å². The molecule has 4 aromatic rings. The standard InChI is InChI=1S/C24H27FN8O2/c1-15(2)33-14-26-29-23(33)20-5-4-6-22(27-20)28-24(34)18-10-21-16(9-19(18)25)11-32(30-21)13-17-12-31(3)7-8-35-17/h4-6,9-11,14-15,17H,7-8,12-13H2,1-3H3,(H,27,28,34). The Morgan fingerprint density at radius 2 is 2.17 bits per heavy atom. The monoisotopic (exact) mass is 478 g/mol. The van der Waals surface area contributed by atoms with E-state index >= 15 is 0 Å². The second-order valence-corrected chi connectivity index (χ2v) is 9.01. The molecule has 1 saturated heterocycles. The molecule has 0 radical (unpaired) electrons. The molecule has 1 aromatic carbocycles. The maximum atomic E-state index is 14.9. The Morgan fingerprint density at radius 3 is 2.97 bits per heavy atom. The third-order valence-electron chi connectivity index (χ3n) is 5.97. The van der Waals surface area contributed by atoms with Gasteiger partial charge in [-0.15, -0.1) is 10.2 Å². The molecule has 1 atom stereocenters. The fourth-order valence-electron chi connectivity index (χ4n) is 4.16. The molecule has 0 bridgehead atoms. The molecule has 1 unspecified atom stereocenters. The number of rotatable bonds is 6. The first-order valence-electron chi connectivity index (χ1n) is 11.5. The van der Waals surface area contributed by atoms with Gasteiger partial charge in [0.15, 0.2) is 5.82 Å². The molecule has 0 spiro atoms. The Morgan fingerprint density at radius 1 is 1.31 bits per heavy atom. The van der Waals surface area contributed by atoms with Crippen LogP contribution in [0.5, 0.6) is 0 Å². The van der Waals surface area contributed by atoms with Crippen LogP contribution in [0.3, 0.4) is 0 Å². The predicted octanol–water partition coefficient (Wildman–Crippen LogP) is 2.99. The Hall–Kier alpha value is -3.70. The van der Waals surface area contributed by atoms with E-state index in [0.717, 1.165) is 13.1 Å². The molecule has 1 N–H and O–H groups in total. The highest BCUT2D eigenvalue weighted by molar-refractivity contribution is 6.06. The van der Waals surface area contributed by atoms with E-state index in [0.29, 0.717) is 35.6 Å². The highest BCUT2D eigenvalue weighted by atomic mass is 19.1. The van der Waals surface area contributed by atoms with Gasteiger partial charge in [0.1, 0.15) is 23.7 Å². The molecule has 5 rings (SSSR count). The first kappa shape index (κ1) is 23.1. The van der Waals surface area contributed by atoms with Gasteiger partial charge in [-0.25, -0.2) is 9.37 Å². The van der Waals surface area contributed by atoms with Crippen molar-refractivity contribution in [3.8, 4) is 11.5 Å². The summed E-state index contributed by atoms with van der Waals surface area (Å²) >= 11 is 0. The van der Waals surface area contributed by atoms with E-state index in [1.54, 1.807) is 35.4 Å². The van der Waals surface area contributed by atoms with Gasteiger partial charge in [-0.05, 0) is 45.2 Å². The number of ether oxygens (including phenoxy) is 1. The summed E-state index contributed by atoms with van der Waals surface area (Å²) in [5.41, 5.74) is 0.987. The molecular formula is C24H27FN8O2. The summed E-state index contributed by atoms with van der Waals surface area (Å²) in [6.07, 6.45) is 3.42. The van der Waals surface area contributed by atoms with Crippen molar-refractivity contribution in [1.82, 2.24) is 34.4 Å². The van der Waals surface area contributed by atoms with Crippen molar-refractivity contribution in [3.63, 3.8) is 0 Å². The lowest BCUT2D eigenvalue weighted by Gasteiger charge is -2.29. The number of fused-ring (bicyclic) bond motifs is 1. The first-order chi connectivity index (χ1) is 16.9. The summed E-state index contributed by atoms with van der Waals surface area (Å²) in [6, 6.07) is 8.12. The Balaban J connectivity index is 1.35. The van der Waals surface area contributed by atoms with Crippen molar-refractivity contribution >= 4 is 22.6 Å². The third-order valence-corrected chi connectivity index (χ3v) is 5.97. The number of hydrogen-bond donors (Lipinski definition) is 1. The van der Waals surface area contributed by atoms with Gasteiger partial charge in [-0.3, -0.25) is 9.48 Å². The van der Waals surface area contributed by atoms with Crippen LogP contribution in [0.25, 0.3) is 22.4 Å². The summed E-state index contributed by atoms with van der Waals surface area (Å²) < 4.78 is 24.3. The molecule has 0 saturated carbocycles. The molecule has 35 heavy (non-hydrogen) atoms. The lowest BCUT2D eigenvalue weighted by atomic mass is 10.1. The zero-order chi connectivity index (χ0) is 24.5. The maximum Gasteiger partial charge on any atom is 0.259 e. The van der Waals surface area contributed by atoms with Crippen molar-refractivity contribution in [3.05, 3.63) is 54.2 Å². The molecule has 1 aliphatic rings. The van der Waals surface area contributed by atoms with Crippen molar-refractivity contribution in [2.45, 2.75) is 32.5 Å². The number of amides is 1. The topological polar surface area (TPSA) is 103 Å². The number of pyridine rings is 1. The average Bonchev–Trinajstić information content (AvgIpc) is 3.45. The van der Waals surface area contributed by atoms with Crippen molar-refractivity contribution in [1.29, 1.82) is 0 Å². The van der Waals surface area contributed by atoms with Gasteiger partial charge in [-0.1, -0.05) is 6.07 Å². The number of anilines is 1. The third kappa shape index (κ3) is 4.91. The number of nitrogens with zero attached hydrogens (tertiary/aromatic N) is 7. The van der Waals surface area contributed by atoms with Gasteiger partial charge in [0.05, 0.1) is 30.3 Å². The number of hydrogen-bond acceptors (Lipinski definition) is 7. The van der Waals surface area contributed by atoms with Gasteiger partial charge in [-0.2, -0.15) is 5.10 Å². The van der Waals surface area contributed by atoms with Crippen molar-refractivity contribution in [2.75, 3.05) is 32.1 Å². The molecule has 10 nitrogen and oxygen atoms in total. The molecule has 4 heterocycles. The SMILES string of the molecule is CC(C)n1cnnc1-c1cccc(NC(=O)c2cc3nn(CC4CN(C)CCO4)cc3cc2F)n1. The Labute approximate surface area is 201 Å². The average molecular weight is 479 g/mol. The largest absolute Gasteiger partial charge is 0.374 e. The van der Waals surface area contributed by atoms with E-state index in [-0.39, 0.29) is 23.5 Å². The maximum absolute atomic E-state index is 14.9. The molecule has 0 aliphatic carbocycles. The number of halogens is 1. The van der Waals surface area contributed by atoms with E-state index in [1.807, 2.05) is 18.4 Å². The minimum Gasteiger partial charge on any atom is -0.374 e. The molecule has 182 valence electrons. The van der Waals surface area contributed by atoms with E-state index < -0.39 is 11.7 Å². The summed E-state index contributed by atoms with van der Waals surface area (Å²) in [4.78, 5) is 19.6. The number of carbonyl (C=O) groups is 1. The van der Waals surface area contributed by atoms with Crippen molar-refractivity contribution < 1.29 is 13.9 Å². The number of likely N-dealkylation sites (N-methyl/N-ethyl adjacent to an activating group) is 1. The van der Waals surface area contributed by atoms with E-state index in [9.17, 15) is 9.18 Å². The highest BCUT2D eigenvalue weighted by Gasteiger charge is 2.20. The quantitative estimate of drug-likeness (QED) is 0.454. The van der Waals surface area contributed by atoms with E-state index in [1.165, 1.54) is 12.1 Å². The molecule has 1 fully saturated rings. The smallest absolute Gasteiger partial charge is 0.259 e. The number of carbonyl (C=O) groups excluding carboxylic acids is 1. The number of morpholine rings is 1. The summed E-state index contributed by atoms with van der Waals surface area (Å²) in [5, 5.41) is 15.9. The molecule has 3 aromatic heterocycles. The summed E-state index contributed by atoms with van der Waals surface area (Å²) in [6.45, 7) is 6.96. The Kier molecular flexibility index (Phi) is 6.27. The minimum absolute atomic E-state index is 0.00974. The van der Waals surface area contributed by atoms with Gasteiger partial charge in [0.25, 0.3) is 5.91 Å². The molecule has 1 aliphatic heterocycles. The van der Waals surface area contributed by atoms with E-state index in [2.05, 4.69) is 37.5 Å². The summed E-state index contributed by atoms with van der Waals surface area (Å²) in [7, 11) is 2.05. The second-order valence-electron chi connectivity index (χ2n) is 9.01. The first-order valence-corrected chi connectivity index (χ1v) is 11.5. The van der Waals surface area contributed by atoms with Crippen molar-refractivity contribution in [2.24, 2.45) is 0 Å². The van der Waals surface area contributed by atoms with Crippen LogP contribution in [0.1, 0.15) is 30.2 Å². The van der Waals surface area contributed by atoms with Crippen LogP contribution in [0.15, 0.2) is 42.9 Å².